The Hall–Kier alpha value is -2.54. The van der Waals surface area contributed by atoms with E-state index in [1.807, 2.05) is 51.2 Å². The van der Waals surface area contributed by atoms with Gasteiger partial charge < -0.3 is 20.1 Å². The molecule has 154 valence electrons. The first-order valence-corrected chi connectivity index (χ1v) is 9.79. The van der Waals surface area contributed by atoms with E-state index in [4.69, 9.17) is 16.3 Å². The molecule has 0 aliphatic heterocycles. The highest BCUT2D eigenvalue weighted by Crippen LogP contribution is 2.25. The van der Waals surface area contributed by atoms with Crippen LogP contribution in [0.1, 0.15) is 38.1 Å². The van der Waals surface area contributed by atoms with E-state index in [0.717, 1.165) is 10.9 Å². The molecule has 0 spiro atoms. The van der Waals surface area contributed by atoms with E-state index in [9.17, 15) is 9.90 Å². The van der Waals surface area contributed by atoms with Crippen LogP contribution in [0.25, 0.3) is 10.9 Å². The molecular weight excluding hydrogens is 390 g/mol. The molecule has 0 saturated carbocycles. The van der Waals surface area contributed by atoms with Crippen molar-refractivity contribution < 1.29 is 14.6 Å². The summed E-state index contributed by atoms with van der Waals surface area (Å²) in [5, 5.41) is 17.4. The minimum absolute atomic E-state index is 0.269. The summed E-state index contributed by atoms with van der Waals surface area (Å²) in [6.07, 6.45) is 1.83. The smallest absolute Gasteiger partial charge is 0.255 e. The van der Waals surface area contributed by atoms with Gasteiger partial charge in [0.05, 0.1) is 5.69 Å². The summed E-state index contributed by atoms with van der Waals surface area (Å²) in [5.74, 6) is 0.114. The number of nitrogens with one attached hydrogen (secondary N) is 3. The van der Waals surface area contributed by atoms with Crippen LogP contribution in [0.2, 0.25) is 0 Å². The average Bonchev–Trinajstić information content (AvgIpc) is 3.09. The molecule has 2 atom stereocenters. The number of alkyl halides is 1. The maximum Gasteiger partial charge on any atom is 0.255 e. The summed E-state index contributed by atoms with van der Waals surface area (Å²) in [7, 11) is 0. The number of hydrogen-bond acceptors (Lipinski definition) is 4. The Balaban J connectivity index is 1.73. The molecule has 0 aliphatic carbocycles. The third-order valence-corrected chi connectivity index (χ3v) is 4.76. The number of carbonyl (C=O) groups is 1. The lowest BCUT2D eigenvalue weighted by molar-refractivity contribution is -0.0547. The van der Waals surface area contributed by atoms with Crippen LogP contribution in [-0.4, -0.2) is 32.8 Å². The zero-order valence-corrected chi connectivity index (χ0v) is 17.7. The van der Waals surface area contributed by atoms with Crippen LogP contribution in [0.4, 0.5) is 5.69 Å². The first-order valence-electron chi connectivity index (χ1n) is 9.35. The standard InChI is InChI=1S/C22H26ClN3O3/c1-21(2,3)26-22(4,28)20(23)29-15-8-5-7-14(13-15)19(27)25-18-10-6-9-17-16(18)11-12-24-17/h5-13,20,24,26,28H,1-4H3,(H,25,27). The van der Waals surface area contributed by atoms with Gasteiger partial charge >= 0.3 is 0 Å². The molecule has 3 aromatic rings. The van der Waals surface area contributed by atoms with Gasteiger partial charge in [-0.1, -0.05) is 23.7 Å². The molecule has 29 heavy (non-hydrogen) atoms. The highest BCUT2D eigenvalue weighted by atomic mass is 35.5. The predicted molar refractivity (Wildman–Crippen MR) is 116 cm³/mol. The lowest BCUT2D eigenvalue weighted by Gasteiger charge is -2.36. The third kappa shape index (κ3) is 5.29. The summed E-state index contributed by atoms with van der Waals surface area (Å²) in [6, 6.07) is 14.2. The third-order valence-electron chi connectivity index (χ3n) is 4.25. The van der Waals surface area contributed by atoms with Crippen molar-refractivity contribution in [2.75, 3.05) is 5.32 Å². The highest BCUT2D eigenvalue weighted by molar-refractivity contribution is 6.20. The van der Waals surface area contributed by atoms with Crippen molar-refractivity contribution in [3.8, 4) is 5.75 Å². The van der Waals surface area contributed by atoms with Crippen LogP contribution in [0, 0.1) is 0 Å². The van der Waals surface area contributed by atoms with Crippen LogP contribution < -0.4 is 15.4 Å². The fraction of sp³-hybridized carbons (Fsp3) is 0.318. The van der Waals surface area contributed by atoms with Crippen molar-refractivity contribution in [2.45, 2.75) is 44.5 Å². The highest BCUT2D eigenvalue weighted by Gasteiger charge is 2.35. The maximum absolute atomic E-state index is 12.7. The first kappa shape index (κ1) is 21.2. The molecule has 0 radical (unpaired) electrons. The van der Waals surface area contributed by atoms with Crippen LogP contribution in [0.3, 0.4) is 0 Å². The number of aromatic amines is 1. The van der Waals surface area contributed by atoms with Gasteiger partial charge in [0, 0.05) is 28.2 Å². The van der Waals surface area contributed by atoms with Gasteiger partial charge in [0.15, 0.2) is 5.72 Å². The van der Waals surface area contributed by atoms with E-state index < -0.39 is 11.3 Å². The van der Waals surface area contributed by atoms with Crippen LogP contribution in [-0.2, 0) is 0 Å². The van der Waals surface area contributed by atoms with Crippen molar-refractivity contribution in [1.29, 1.82) is 0 Å². The molecule has 2 aromatic carbocycles. The quantitative estimate of drug-likeness (QED) is 0.353. The minimum Gasteiger partial charge on any atom is -0.470 e. The summed E-state index contributed by atoms with van der Waals surface area (Å²) in [4.78, 5) is 15.8. The Morgan fingerprint density at radius 3 is 2.59 bits per heavy atom. The molecular formula is C22H26ClN3O3. The van der Waals surface area contributed by atoms with Gasteiger partial charge in [-0.05, 0) is 64.1 Å². The zero-order valence-electron chi connectivity index (χ0n) is 16.9. The summed E-state index contributed by atoms with van der Waals surface area (Å²) < 4.78 is 5.69. The SMILES string of the molecule is CC(C)(C)NC(C)(O)C(Cl)Oc1cccc(C(=O)Nc2cccc3[nH]ccc23)c1. The van der Waals surface area contributed by atoms with Gasteiger partial charge in [0.25, 0.3) is 5.91 Å². The Morgan fingerprint density at radius 2 is 1.86 bits per heavy atom. The number of anilines is 1. The van der Waals surface area contributed by atoms with Crippen molar-refractivity contribution in [3.63, 3.8) is 0 Å². The van der Waals surface area contributed by atoms with E-state index >= 15 is 0 Å². The molecule has 6 nitrogen and oxygen atoms in total. The van der Waals surface area contributed by atoms with E-state index in [1.165, 1.54) is 0 Å². The Morgan fingerprint density at radius 1 is 1.14 bits per heavy atom. The van der Waals surface area contributed by atoms with Crippen LogP contribution in [0.5, 0.6) is 5.75 Å². The molecule has 1 heterocycles. The number of benzene rings is 2. The number of amides is 1. The molecule has 3 rings (SSSR count). The maximum atomic E-state index is 12.7. The second kappa shape index (κ2) is 8.06. The Bertz CT molecular complexity index is 1010. The molecule has 0 aliphatic rings. The van der Waals surface area contributed by atoms with Gasteiger partial charge in [-0.25, -0.2) is 0 Å². The molecule has 7 heteroatoms. The summed E-state index contributed by atoms with van der Waals surface area (Å²) >= 11 is 6.29. The first-order chi connectivity index (χ1) is 13.5. The van der Waals surface area contributed by atoms with Crippen molar-refractivity contribution in [2.24, 2.45) is 0 Å². The normalized spacial score (nSPS) is 15.0. The topological polar surface area (TPSA) is 86.4 Å². The molecule has 0 saturated heterocycles. The summed E-state index contributed by atoms with van der Waals surface area (Å²) in [6.45, 7) is 7.30. The van der Waals surface area contributed by atoms with E-state index in [2.05, 4.69) is 15.6 Å². The van der Waals surface area contributed by atoms with E-state index in [1.54, 1.807) is 31.2 Å². The largest absolute Gasteiger partial charge is 0.470 e. The van der Waals surface area contributed by atoms with Gasteiger partial charge in [-0.15, -0.1) is 0 Å². The fourth-order valence-electron chi connectivity index (χ4n) is 3.15. The van der Waals surface area contributed by atoms with Crippen molar-refractivity contribution >= 4 is 34.1 Å². The Labute approximate surface area is 175 Å². The second-order valence-corrected chi connectivity index (χ2v) is 8.58. The fourth-order valence-corrected chi connectivity index (χ4v) is 3.31. The monoisotopic (exact) mass is 415 g/mol. The number of fused-ring (bicyclic) bond motifs is 1. The zero-order chi connectivity index (χ0) is 21.2. The van der Waals surface area contributed by atoms with E-state index in [0.29, 0.717) is 17.0 Å². The van der Waals surface area contributed by atoms with Gasteiger partial charge in [0.1, 0.15) is 5.75 Å². The number of aromatic nitrogens is 1. The van der Waals surface area contributed by atoms with Crippen molar-refractivity contribution in [3.05, 3.63) is 60.3 Å². The van der Waals surface area contributed by atoms with Crippen molar-refractivity contribution in [1.82, 2.24) is 10.3 Å². The van der Waals surface area contributed by atoms with Crippen LogP contribution in [0.15, 0.2) is 54.7 Å². The summed E-state index contributed by atoms with van der Waals surface area (Å²) in [5.41, 5.74) is -0.815. The molecule has 1 amide bonds. The number of ether oxygens (including phenoxy) is 1. The number of hydrogen-bond donors (Lipinski definition) is 4. The van der Waals surface area contributed by atoms with E-state index in [-0.39, 0.29) is 11.4 Å². The number of aliphatic hydroxyl groups is 1. The molecule has 0 bridgehead atoms. The van der Waals surface area contributed by atoms with Gasteiger partial charge in [-0.3, -0.25) is 10.1 Å². The number of carbonyl (C=O) groups excluding carboxylic acids is 1. The number of H-pyrrole nitrogens is 1. The lowest BCUT2D eigenvalue weighted by atomic mass is 10.1. The molecule has 0 fully saturated rings. The molecule has 1 aromatic heterocycles. The molecule has 2 unspecified atom stereocenters. The number of rotatable bonds is 6. The Kier molecular flexibility index (Phi) is 5.89. The number of halogens is 1. The van der Waals surface area contributed by atoms with Crippen LogP contribution >= 0.6 is 11.6 Å². The lowest BCUT2D eigenvalue weighted by Crippen LogP contribution is -2.58. The predicted octanol–water partition coefficient (Wildman–Crippen LogP) is 4.46. The minimum atomic E-state index is -1.47. The molecule has 4 N–H and O–H groups in total. The average molecular weight is 416 g/mol. The second-order valence-electron chi connectivity index (χ2n) is 8.18. The van der Waals surface area contributed by atoms with Gasteiger partial charge in [0.2, 0.25) is 5.56 Å². The van der Waals surface area contributed by atoms with Gasteiger partial charge in [-0.2, -0.15) is 0 Å².